The summed E-state index contributed by atoms with van der Waals surface area (Å²) in [5.41, 5.74) is 2.10. The number of ether oxygens (including phenoxy) is 1. The Kier molecular flexibility index (Phi) is 5.62. The summed E-state index contributed by atoms with van der Waals surface area (Å²) in [4.78, 5) is 10.7. The van der Waals surface area contributed by atoms with Gasteiger partial charge in [0.25, 0.3) is 0 Å². The van der Waals surface area contributed by atoms with Gasteiger partial charge in [-0.05, 0) is 31.5 Å². The lowest BCUT2D eigenvalue weighted by Crippen LogP contribution is -2.38. The fourth-order valence-corrected chi connectivity index (χ4v) is 2.23. The molecule has 0 spiro atoms. The zero-order valence-corrected chi connectivity index (χ0v) is 14.4. The topological polar surface area (TPSA) is 62.9 Å². The summed E-state index contributed by atoms with van der Waals surface area (Å²) in [5.74, 6) is 3.16. The number of methoxy groups -OCH3 is 1. The van der Waals surface area contributed by atoms with Gasteiger partial charge in [0.05, 0.1) is 19.3 Å². The maximum absolute atomic E-state index is 5.57. The second kappa shape index (κ2) is 7.67. The van der Waals surface area contributed by atoms with E-state index in [1.165, 1.54) is 5.56 Å². The van der Waals surface area contributed by atoms with Crippen molar-refractivity contribution in [2.24, 2.45) is 4.99 Å². The van der Waals surface area contributed by atoms with E-state index in [2.05, 4.69) is 15.3 Å². The fourth-order valence-electron chi connectivity index (χ4n) is 2.23. The maximum Gasteiger partial charge on any atom is 0.214 e. The maximum atomic E-state index is 5.57. The van der Waals surface area contributed by atoms with Gasteiger partial charge < -0.3 is 19.4 Å². The van der Waals surface area contributed by atoms with Gasteiger partial charge >= 0.3 is 0 Å². The predicted molar refractivity (Wildman–Crippen MR) is 90.6 cm³/mol. The molecule has 124 valence electrons. The quantitative estimate of drug-likeness (QED) is 0.678. The zero-order chi connectivity index (χ0) is 16.8. The molecule has 1 N–H and O–H groups in total. The smallest absolute Gasteiger partial charge is 0.214 e. The summed E-state index contributed by atoms with van der Waals surface area (Å²) < 4.78 is 10.7. The van der Waals surface area contributed by atoms with Crippen molar-refractivity contribution in [2.45, 2.75) is 26.9 Å². The Morgan fingerprint density at radius 2 is 2.00 bits per heavy atom. The Morgan fingerprint density at radius 3 is 2.52 bits per heavy atom. The molecule has 0 unspecified atom stereocenters. The molecule has 6 nitrogen and oxygen atoms in total. The van der Waals surface area contributed by atoms with Gasteiger partial charge in [0.1, 0.15) is 11.5 Å². The summed E-state index contributed by atoms with van der Waals surface area (Å²) in [6.45, 7) is 5.10. The van der Waals surface area contributed by atoms with Crippen molar-refractivity contribution in [1.82, 2.24) is 15.2 Å². The van der Waals surface area contributed by atoms with Crippen LogP contribution in [-0.4, -0.2) is 37.0 Å². The standard InChI is InChI=1S/C17H24N4O2/c1-12-13(2)23-16(20-12)10-19-17(18-3)21(4)11-14-6-8-15(22-5)9-7-14/h6-9H,10-11H2,1-5H3,(H,18,19). The van der Waals surface area contributed by atoms with Crippen LogP contribution in [0.15, 0.2) is 33.7 Å². The van der Waals surface area contributed by atoms with Crippen LogP contribution in [0.1, 0.15) is 22.9 Å². The molecule has 1 heterocycles. The molecular formula is C17H24N4O2. The summed E-state index contributed by atoms with van der Waals surface area (Å²) in [7, 11) is 5.42. The molecule has 0 aliphatic heterocycles. The summed E-state index contributed by atoms with van der Waals surface area (Å²) >= 11 is 0. The number of hydrogen-bond acceptors (Lipinski definition) is 4. The molecule has 0 atom stereocenters. The molecule has 0 radical (unpaired) electrons. The largest absolute Gasteiger partial charge is 0.497 e. The highest BCUT2D eigenvalue weighted by atomic mass is 16.5. The van der Waals surface area contributed by atoms with Crippen molar-refractivity contribution in [1.29, 1.82) is 0 Å². The number of benzene rings is 1. The van der Waals surface area contributed by atoms with Gasteiger partial charge in [0.15, 0.2) is 5.96 Å². The van der Waals surface area contributed by atoms with E-state index in [0.717, 1.165) is 29.7 Å². The average molecular weight is 316 g/mol. The average Bonchev–Trinajstić information content (AvgIpc) is 2.87. The van der Waals surface area contributed by atoms with E-state index in [1.54, 1.807) is 14.2 Å². The molecule has 2 aromatic rings. The summed E-state index contributed by atoms with van der Waals surface area (Å²) in [6, 6.07) is 8.00. The van der Waals surface area contributed by atoms with Gasteiger partial charge in [0.2, 0.25) is 5.89 Å². The van der Waals surface area contributed by atoms with Gasteiger partial charge in [-0.25, -0.2) is 4.98 Å². The Hall–Kier alpha value is -2.50. The van der Waals surface area contributed by atoms with Crippen molar-refractivity contribution >= 4 is 5.96 Å². The fraction of sp³-hybridized carbons (Fsp3) is 0.412. The lowest BCUT2D eigenvalue weighted by atomic mass is 10.2. The summed E-state index contributed by atoms with van der Waals surface area (Å²) in [6.07, 6.45) is 0. The molecule has 2 rings (SSSR count). The van der Waals surface area contributed by atoms with Gasteiger partial charge in [-0.3, -0.25) is 4.99 Å². The molecule has 0 fully saturated rings. The van der Waals surface area contributed by atoms with E-state index >= 15 is 0 Å². The molecule has 0 saturated carbocycles. The number of nitrogens with one attached hydrogen (secondary N) is 1. The van der Waals surface area contributed by atoms with Crippen LogP contribution in [0, 0.1) is 13.8 Å². The highest BCUT2D eigenvalue weighted by molar-refractivity contribution is 5.79. The third-order valence-corrected chi connectivity index (χ3v) is 3.62. The first-order chi connectivity index (χ1) is 11.0. The van der Waals surface area contributed by atoms with Crippen LogP contribution in [0.25, 0.3) is 0 Å². The number of guanidine groups is 1. The first kappa shape index (κ1) is 16.9. The van der Waals surface area contributed by atoms with Crippen LogP contribution >= 0.6 is 0 Å². The Balaban J connectivity index is 1.93. The number of aryl methyl sites for hydroxylation is 2. The van der Waals surface area contributed by atoms with Crippen LogP contribution in [-0.2, 0) is 13.1 Å². The van der Waals surface area contributed by atoms with Crippen LogP contribution < -0.4 is 10.1 Å². The minimum absolute atomic E-state index is 0.508. The van der Waals surface area contributed by atoms with Crippen LogP contribution in [0.3, 0.4) is 0 Å². The lowest BCUT2D eigenvalue weighted by Gasteiger charge is -2.21. The number of rotatable bonds is 5. The van der Waals surface area contributed by atoms with Crippen LogP contribution in [0.4, 0.5) is 0 Å². The Morgan fingerprint density at radius 1 is 1.30 bits per heavy atom. The lowest BCUT2D eigenvalue weighted by molar-refractivity contribution is 0.414. The van der Waals surface area contributed by atoms with E-state index in [9.17, 15) is 0 Å². The number of aromatic nitrogens is 1. The van der Waals surface area contributed by atoms with Crippen molar-refractivity contribution in [3.05, 3.63) is 47.2 Å². The second-order valence-electron chi connectivity index (χ2n) is 5.35. The Bertz CT molecular complexity index is 642. The Labute approximate surface area is 137 Å². The van der Waals surface area contributed by atoms with Crippen LogP contribution in [0.2, 0.25) is 0 Å². The molecule has 0 aliphatic rings. The minimum Gasteiger partial charge on any atom is -0.497 e. The second-order valence-corrected chi connectivity index (χ2v) is 5.35. The van der Waals surface area contributed by atoms with Gasteiger partial charge in [-0.2, -0.15) is 0 Å². The number of nitrogens with zero attached hydrogens (tertiary/aromatic N) is 3. The first-order valence-corrected chi connectivity index (χ1v) is 7.51. The van der Waals surface area contributed by atoms with E-state index in [-0.39, 0.29) is 0 Å². The molecule has 0 aliphatic carbocycles. The third-order valence-electron chi connectivity index (χ3n) is 3.62. The van der Waals surface area contributed by atoms with Crippen molar-refractivity contribution in [3.63, 3.8) is 0 Å². The summed E-state index contributed by atoms with van der Waals surface area (Å²) in [5, 5.41) is 3.26. The van der Waals surface area contributed by atoms with E-state index in [1.807, 2.05) is 50.1 Å². The van der Waals surface area contributed by atoms with Gasteiger partial charge in [-0.15, -0.1) is 0 Å². The van der Waals surface area contributed by atoms with Crippen molar-refractivity contribution in [2.75, 3.05) is 21.2 Å². The molecule has 0 bridgehead atoms. The zero-order valence-electron chi connectivity index (χ0n) is 14.4. The number of hydrogen-bond donors (Lipinski definition) is 1. The van der Waals surface area contributed by atoms with Crippen molar-refractivity contribution < 1.29 is 9.15 Å². The molecule has 1 aromatic carbocycles. The highest BCUT2D eigenvalue weighted by Crippen LogP contribution is 2.13. The molecule has 23 heavy (non-hydrogen) atoms. The third kappa shape index (κ3) is 4.48. The molecule has 6 heteroatoms. The normalized spacial score (nSPS) is 11.4. The van der Waals surface area contributed by atoms with Crippen molar-refractivity contribution in [3.8, 4) is 5.75 Å². The van der Waals surface area contributed by atoms with Gasteiger partial charge in [0, 0.05) is 20.6 Å². The predicted octanol–water partition coefficient (Wildman–Crippen LogP) is 2.51. The molecule has 0 amide bonds. The first-order valence-electron chi connectivity index (χ1n) is 7.51. The van der Waals surface area contributed by atoms with E-state index < -0.39 is 0 Å². The van der Waals surface area contributed by atoms with E-state index in [0.29, 0.717) is 12.4 Å². The number of oxazole rings is 1. The number of aliphatic imine (C=N–C) groups is 1. The molecular weight excluding hydrogens is 292 g/mol. The van der Waals surface area contributed by atoms with E-state index in [4.69, 9.17) is 9.15 Å². The van der Waals surface area contributed by atoms with Crippen LogP contribution in [0.5, 0.6) is 5.75 Å². The SMILES string of the molecule is CN=C(NCc1nc(C)c(C)o1)N(C)Cc1ccc(OC)cc1. The highest BCUT2D eigenvalue weighted by Gasteiger charge is 2.10. The molecule has 0 saturated heterocycles. The van der Waals surface area contributed by atoms with Gasteiger partial charge in [-0.1, -0.05) is 12.1 Å². The minimum atomic E-state index is 0.508. The monoisotopic (exact) mass is 316 g/mol. The molecule has 1 aromatic heterocycles.